The largest absolute Gasteiger partial charge is 0.480 e. The van der Waals surface area contributed by atoms with Gasteiger partial charge in [0.15, 0.2) is 6.04 Å². The van der Waals surface area contributed by atoms with Crippen molar-refractivity contribution in [2.45, 2.75) is 19.4 Å². The van der Waals surface area contributed by atoms with Gasteiger partial charge in [0, 0.05) is 17.7 Å². The lowest BCUT2D eigenvalue weighted by Crippen LogP contribution is -2.27. The third kappa shape index (κ3) is 1.66. The zero-order valence-corrected chi connectivity index (χ0v) is 8.93. The van der Waals surface area contributed by atoms with Crippen LogP contribution in [0.1, 0.15) is 13.3 Å². The molecule has 0 radical (unpaired) electrons. The molecule has 1 fully saturated rings. The number of hydrogen-bond donors (Lipinski definition) is 2. The van der Waals surface area contributed by atoms with Crippen molar-refractivity contribution in [3.8, 4) is 0 Å². The second-order valence-electron chi connectivity index (χ2n) is 4.09. The van der Waals surface area contributed by atoms with Crippen molar-refractivity contribution in [2.24, 2.45) is 10.4 Å². The number of hydrogen-bond acceptors (Lipinski definition) is 4. The molecule has 5 heteroatoms. The number of nitrogens with one attached hydrogen (secondary N) is 1. The Balaban J connectivity index is 2.12. The Bertz CT molecular complexity index is 285. The molecule has 2 aliphatic rings. The van der Waals surface area contributed by atoms with Crippen molar-refractivity contribution >= 4 is 22.8 Å². The molecular formula is C9H14N2O2S. The molecule has 0 aromatic heterocycles. The summed E-state index contributed by atoms with van der Waals surface area (Å²) in [7, 11) is 0. The lowest BCUT2D eigenvalue weighted by molar-refractivity contribution is -0.137. The maximum Gasteiger partial charge on any atom is 0.329 e. The van der Waals surface area contributed by atoms with Gasteiger partial charge in [-0.15, -0.1) is 11.8 Å². The molecule has 0 aromatic carbocycles. The van der Waals surface area contributed by atoms with Crippen LogP contribution >= 0.6 is 11.8 Å². The highest BCUT2D eigenvalue weighted by Gasteiger charge is 2.38. The lowest BCUT2D eigenvalue weighted by atomic mass is 9.91. The quantitative estimate of drug-likeness (QED) is 0.706. The van der Waals surface area contributed by atoms with Crippen LogP contribution in [0, 0.1) is 5.41 Å². The van der Waals surface area contributed by atoms with Crippen molar-refractivity contribution < 1.29 is 9.90 Å². The summed E-state index contributed by atoms with van der Waals surface area (Å²) >= 11 is 1.60. The summed E-state index contributed by atoms with van der Waals surface area (Å²) in [6.07, 6.45) is 1.06. The fourth-order valence-electron chi connectivity index (χ4n) is 1.83. The molecule has 2 N–H and O–H groups in total. The Kier molecular flexibility index (Phi) is 2.53. The molecule has 2 aliphatic heterocycles. The predicted octanol–water partition coefficient (Wildman–Crippen LogP) is 0.585. The van der Waals surface area contributed by atoms with Crippen LogP contribution in [-0.4, -0.2) is 41.0 Å². The number of aliphatic carboxylic acids is 1. The molecule has 2 unspecified atom stereocenters. The van der Waals surface area contributed by atoms with Gasteiger partial charge in [0.25, 0.3) is 0 Å². The first-order valence-electron chi connectivity index (χ1n) is 4.76. The minimum Gasteiger partial charge on any atom is -0.480 e. The monoisotopic (exact) mass is 214 g/mol. The fourth-order valence-corrected chi connectivity index (χ4v) is 3.09. The van der Waals surface area contributed by atoms with E-state index in [2.05, 4.69) is 17.2 Å². The zero-order valence-electron chi connectivity index (χ0n) is 8.12. The predicted molar refractivity (Wildman–Crippen MR) is 56.9 cm³/mol. The molecule has 0 spiro atoms. The third-order valence-corrected chi connectivity index (χ3v) is 4.18. The van der Waals surface area contributed by atoms with Crippen LogP contribution in [-0.2, 0) is 4.79 Å². The van der Waals surface area contributed by atoms with Gasteiger partial charge >= 0.3 is 5.97 Å². The van der Waals surface area contributed by atoms with E-state index < -0.39 is 12.0 Å². The smallest absolute Gasteiger partial charge is 0.329 e. The molecule has 0 saturated carbocycles. The molecule has 0 aliphatic carbocycles. The molecule has 14 heavy (non-hydrogen) atoms. The number of nitrogens with zero attached hydrogens (tertiary/aromatic N) is 1. The normalized spacial score (nSPS) is 37.2. The van der Waals surface area contributed by atoms with E-state index in [4.69, 9.17) is 5.11 Å². The van der Waals surface area contributed by atoms with E-state index in [0.717, 1.165) is 24.6 Å². The third-order valence-electron chi connectivity index (χ3n) is 2.82. The van der Waals surface area contributed by atoms with E-state index in [1.54, 1.807) is 11.8 Å². The van der Waals surface area contributed by atoms with E-state index in [0.29, 0.717) is 5.75 Å². The first kappa shape index (κ1) is 9.98. The number of carbonyl (C=O) groups is 1. The summed E-state index contributed by atoms with van der Waals surface area (Å²) in [6, 6.07) is -0.521. The highest BCUT2D eigenvalue weighted by Crippen LogP contribution is 2.36. The number of rotatable bonds is 2. The van der Waals surface area contributed by atoms with E-state index in [-0.39, 0.29) is 5.41 Å². The van der Waals surface area contributed by atoms with Crippen molar-refractivity contribution in [2.75, 3.05) is 18.8 Å². The Morgan fingerprint density at radius 3 is 3.07 bits per heavy atom. The lowest BCUT2D eigenvalue weighted by Gasteiger charge is -2.21. The van der Waals surface area contributed by atoms with Gasteiger partial charge in [-0.25, -0.2) is 4.79 Å². The second-order valence-corrected chi connectivity index (χ2v) is 5.10. The molecule has 0 amide bonds. The van der Waals surface area contributed by atoms with Crippen LogP contribution in [0.3, 0.4) is 0 Å². The van der Waals surface area contributed by atoms with Crippen LogP contribution in [0.4, 0.5) is 0 Å². The number of carboxylic acids is 1. The van der Waals surface area contributed by atoms with Crippen LogP contribution in [0.5, 0.6) is 0 Å². The minimum atomic E-state index is -0.804. The summed E-state index contributed by atoms with van der Waals surface area (Å²) in [5.74, 6) is -0.206. The maximum absolute atomic E-state index is 10.7. The van der Waals surface area contributed by atoms with E-state index >= 15 is 0 Å². The van der Waals surface area contributed by atoms with Gasteiger partial charge in [0.2, 0.25) is 0 Å². The van der Waals surface area contributed by atoms with Gasteiger partial charge in [0.05, 0.1) is 5.04 Å². The molecule has 1 saturated heterocycles. The van der Waals surface area contributed by atoms with Gasteiger partial charge in [0.1, 0.15) is 0 Å². The summed E-state index contributed by atoms with van der Waals surface area (Å²) < 4.78 is 0. The van der Waals surface area contributed by atoms with Crippen LogP contribution in [0.2, 0.25) is 0 Å². The van der Waals surface area contributed by atoms with Gasteiger partial charge < -0.3 is 10.4 Å². The Hall–Kier alpha value is -0.550. The Morgan fingerprint density at radius 2 is 2.57 bits per heavy atom. The second kappa shape index (κ2) is 3.55. The molecule has 2 atom stereocenters. The summed E-state index contributed by atoms with van der Waals surface area (Å²) in [5.41, 5.74) is 0.0782. The first-order valence-corrected chi connectivity index (χ1v) is 5.75. The van der Waals surface area contributed by atoms with E-state index in [9.17, 15) is 4.79 Å². The SMILES string of the molecule is CC1(C2=NC(C(=O)O)CS2)CCNC1. The molecule has 0 bridgehead atoms. The van der Waals surface area contributed by atoms with Gasteiger partial charge in [-0.2, -0.15) is 0 Å². The van der Waals surface area contributed by atoms with Crippen LogP contribution < -0.4 is 5.32 Å². The molecule has 78 valence electrons. The number of carboxylic acid groups (broad SMARTS) is 1. The van der Waals surface area contributed by atoms with Crippen molar-refractivity contribution in [1.82, 2.24) is 5.32 Å². The average molecular weight is 214 g/mol. The molecule has 0 aromatic rings. The minimum absolute atomic E-state index is 0.0782. The standard InChI is InChI=1S/C9H14N2O2S/c1-9(2-3-10-5-9)8-11-6(4-14-8)7(12)13/h6,10H,2-5H2,1H3,(H,12,13). The molecular weight excluding hydrogens is 200 g/mol. The topological polar surface area (TPSA) is 61.7 Å². The van der Waals surface area contributed by atoms with E-state index in [1.807, 2.05) is 0 Å². The van der Waals surface area contributed by atoms with Crippen LogP contribution in [0.15, 0.2) is 4.99 Å². The molecule has 2 rings (SSSR count). The first-order chi connectivity index (χ1) is 6.62. The fraction of sp³-hybridized carbons (Fsp3) is 0.778. The summed E-state index contributed by atoms with van der Waals surface area (Å²) in [6.45, 7) is 4.09. The van der Waals surface area contributed by atoms with Gasteiger partial charge in [-0.1, -0.05) is 6.92 Å². The average Bonchev–Trinajstić information content (AvgIpc) is 2.71. The highest BCUT2D eigenvalue weighted by molar-refractivity contribution is 8.14. The summed E-state index contributed by atoms with van der Waals surface area (Å²) in [5, 5.41) is 13.1. The van der Waals surface area contributed by atoms with Gasteiger partial charge in [-0.3, -0.25) is 4.99 Å². The summed E-state index contributed by atoms with van der Waals surface area (Å²) in [4.78, 5) is 15.0. The Labute approximate surface area is 87.2 Å². The Morgan fingerprint density at radius 1 is 1.79 bits per heavy atom. The van der Waals surface area contributed by atoms with Crippen LogP contribution in [0.25, 0.3) is 0 Å². The number of thioether (sulfide) groups is 1. The van der Waals surface area contributed by atoms with Crippen molar-refractivity contribution in [3.63, 3.8) is 0 Å². The van der Waals surface area contributed by atoms with Crippen molar-refractivity contribution in [3.05, 3.63) is 0 Å². The maximum atomic E-state index is 10.7. The van der Waals surface area contributed by atoms with E-state index in [1.165, 1.54) is 0 Å². The molecule has 2 heterocycles. The van der Waals surface area contributed by atoms with Gasteiger partial charge in [-0.05, 0) is 13.0 Å². The zero-order chi connectivity index (χ0) is 10.2. The number of aliphatic imine (C=N–C) groups is 1. The highest BCUT2D eigenvalue weighted by atomic mass is 32.2. The molecule has 4 nitrogen and oxygen atoms in total. The van der Waals surface area contributed by atoms with Crippen molar-refractivity contribution in [1.29, 1.82) is 0 Å².